The molecule has 5 heteroatoms. The summed E-state index contributed by atoms with van der Waals surface area (Å²) >= 11 is 0. The Morgan fingerprint density at radius 1 is 1.64 bits per heavy atom. The number of esters is 2. The maximum absolute atomic E-state index is 10.7. The molecule has 1 fully saturated rings. The van der Waals surface area contributed by atoms with Crippen molar-refractivity contribution in [3.8, 4) is 0 Å². The van der Waals surface area contributed by atoms with Crippen molar-refractivity contribution in [1.82, 2.24) is 5.32 Å². The van der Waals surface area contributed by atoms with Gasteiger partial charge < -0.3 is 10.1 Å². The molecule has 1 aliphatic heterocycles. The van der Waals surface area contributed by atoms with Gasteiger partial charge >= 0.3 is 11.9 Å². The van der Waals surface area contributed by atoms with Crippen molar-refractivity contribution in [3.63, 3.8) is 0 Å². The van der Waals surface area contributed by atoms with Gasteiger partial charge in [0.1, 0.15) is 6.04 Å². The number of cyclic esters (lactones) is 2. The van der Waals surface area contributed by atoms with Gasteiger partial charge in [0.05, 0.1) is 6.42 Å². The van der Waals surface area contributed by atoms with Crippen molar-refractivity contribution < 1.29 is 19.1 Å². The number of ether oxygens (including phenoxy) is 1. The number of carbonyl (C=O) groups is 3. The normalized spacial score (nSPS) is 23.2. The second-order valence-corrected chi connectivity index (χ2v) is 2.25. The summed E-state index contributed by atoms with van der Waals surface area (Å²) in [6, 6.07) is -0.778. The molecule has 5 nitrogen and oxygen atoms in total. The lowest BCUT2D eigenvalue weighted by atomic mass is 10.2. The van der Waals surface area contributed by atoms with Crippen LogP contribution < -0.4 is 5.32 Å². The van der Waals surface area contributed by atoms with Crippen LogP contribution in [0.5, 0.6) is 0 Å². The highest BCUT2D eigenvalue weighted by Gasteiger charge is 2.33. The van der Waals surface area contributed by atoms with E-state index in [1.165, 1.54) is 6.92 Å². The lowest BCUT2D eigenvalue weighted by Crippen LogP contribution is -2.36. The highest BCUT2D eigenvalue weighted by atomic mass is 16.6. The highest BCUT2D eigenvalue weighted by Crippen LogP contribution is 2.06. The summed E-state index contributed by atoms with van der Waals surface area (Å²) in [5.74, 6) is -1.61. The van der Waals surface area contributed by atoms with E-state index in [4.69, 9.17) is 0 Å². The summed E-state index contributed by atoms with van der Waals surface area (Å²) in [5.41, 5.74) is 0. The molecule has 1 unspecified atom stereocenters. The molecule has 0 aromatic heterocycles. The van der Waals surface area contributed by atoms with Gasteiger partial charge in [0.25, 0.3) is 0 Å². The van der Waals surface area contributed by atoms with Crippen molar-refractivity contribution >= 4 is 17.8 Å². The number of rotatable bonds is 1. The first-order valence-electron chi connectivity index (χ1n) is 3.11. The maximum atomic E-state index is 10.7. The maximum Gasteiger partial charge on any atom is 0.336 e. The van der Waals surface area contributed by atoms with Crippen LogP contribution >= 0.6 is 0 Å². The molecule has 1 aliphatic rings. The van der Waals surface area contributed by atoms with Gasteiger partial charge in [-0.05, 0) is 0 Å². The van der Waals surface area contributed by atoms with Crippen LogP contribution in [0.4, 0.5) is 0 Å². The van der Waals surface area contributed by atoms with E-state index >= 15 is 0 Å². The Balaban J connectivity index is 2.53. The third-order valence-corrected chi connectivity index (χ3v) is 1.25. The minimum absolute atomic E-state index is 0.0571. The van der Waals surface area contributed by atoms with Crippen LogP contribution in [0.25, 0.3) is 0 Å². The zero-order valence-corrected chi connectivity index (χ0v) is 5.92. The molecule has 0 radical (unpaired) electrons. The van der Waals surface area contributed by atoms with Crippen LogP contribution in [0.1, 0.15) is 13.3 Å². The third kappa shape index (κ3) is 1.76. The van der Waals surface area contributed by atoms with Crippen molar-refractivity contribution in [3.05, 3.63) is 0 Å². The zero-order valence-electron chi connectivity index (χ0n) is 5.92. The van der Waals surface area contributed by atoms with Gasteiger partial charge in [-0.2, -0.15) is 0 Å². The number of nitrogens with one attached hydrogen (secondary N) is 1. The average Bonchev–Trinajstić information content (AvgIpc) is 2.09. The van der Waals surface area contributed by atoms with Gasteiger partial charge in [-0.3, -0.25) is 9.59 Å². The molecular formula is C6H7NO4. The minimum atomic E-state index is -0.778. The first-order chi connectivity index (χ1) is 5.09. The first-order valence-corrected chi connectivity index (χ1v) is 3.11. The van der Waals surface area contributed by atoms with Crippen molar-refractivity contribution in [2.45, 2.75) is 19.4 Å². The van der Waals surface area contributed by atoms with E-state index < -0.39 is 18.0 Å². The van der Waals surface area contributed by atoms with E-state index in [1.807, 2.05) is 0 Å². The van der Waals surface area contributed by atoms with Gasteiger partial charge in [0.2, 0.25) is 5.91 Å². The fourth-order valence-electron chi connectivity index (χ4n) is 0.830. The quantitative estimate of drug-likeness (QED) is 0.390. The molecule has 1 saturated heterocycles. The largest absolute Gasteiger partial charge is 0.392 e. The molecule has 60 valence electrons. The summed E-state index contributed by atoms with van der Waals surface area (Å²) < 4.78 is 4.18. The van der Waals surface area contributed by atoms with Crippen molar-refractivity contribution in [2.24, 2.45) is 0 Å². The molecule has 0 spiro atoms. The van der Waals surface area contributed by atoms with Crippen LogP contribution in [0, 0.1) is 0 Å². The lowest BCUT2D eigenvalue weighted by molar-refractivity contribution is -0.153. The Kier molecular flexibility index (Phi) is 1.89. The fourth-order valence-corrected chi connectivity index (χ4v) is 0.830. The van der Waals surface area contributed by atoms with Gasteiger partial charge in [0.15, 0.2) is 0 Å². The Labute approximate surface area is 62.7 Å². The van der Waals surface area contributed by atoms with Crippen LogP contribution in [0.2, 0.25) is 0 Å². The summed E-state index contributed by atoms with van der Waals surface area (Å²) in [7, 11) is 0. The predicted molar refractivity (Wildman–Crippen MR) is 33.3 cm³/mol. The molecule has 0 bridgehead atoms. The number of hydrogen-bond donors (Lipinski definition) is 1. The SMILES string of the molecule is CC(=O)NC1CC(=O)OC1=O. The molecule has 0 aromatic rings. The Morgan fingerprint density at radius 2 is 2.27 bits per heavy atom. The smallest absolute Gasteiger partial charge is 0.336 e. The second-order valence-electron chi connectivity index (χ2n) is 2.25. The van der Waals surface area contributed by atoms with Crippen molar-refractivity contribution in [2.75, 3.05) is 0 Å². The molecule has 1 atom stereocenters. The third-order valence-electron chi connectivity index (χ3n) is 1.25. The van der Waals surface area contributed by atoms with E-state index in [2.05, 4.69) is 10.1 Å². The molecule has 0 aromatic carbocycles. The van der Waals surface area contributed by atoms with Crippen LogP contribution in [-0.4, -0.2) is 23.9 Å². The number of amides is 1. The van der Waals surface area contributed by atoms with E-state index in [-0.39, 0.29) is 12.3 Å². The zero-order chi connectivity index (χ0) is 8.43. The van der Waals surface area contributed by atoms with Crippen LogP contribution in [-0.2, 0) is 19.1 Å². The van der Waals surface area contributed by atoms with E-state index in [0.29, 0.717) is 0 Å². The van der Waals surface area contributed by atoms with Gasteiger partial charge in [-0.1, -0.05) is 0 Å². The van der Waals surface area contributed by atoms with Crippen LogP contribution in [0.15, 0.2) is 0 Å². The van der Waals surface area contributed by atoms with Gasteiger partial charge in [-0.25, -0.2) is 4.79 Å². The Bertz CT molecular complexity index is 223. The summed E-state index contributed by atoms with van der Waals surface area (Å²) in [4.78, 5) is 31.5. The van der Waals surface area contributed by atoms with E-state index in [1.54, 1.807) is 0 Å². The molecule has 1 rings (SSSR count). The Hall–Kier alpha value is -1.39. The number of hydrogen-bond acceptors (Lipinski definition) is 4. The molecule has 11 heavy (non-hydrogen) atoms. The minimum Gasteiger partial charge on any atom is -0.392 e. The Morgan fingerprint density at radius 3 is 2.64 bits per heavy atom. The molecular weight excluding hydrogens is 150 g/mol. The first kappa shape index (κ1) is 7.71. The topological polar surface area (TPSA) is 72.5 Å². The molecule has 0 saturated carbocycles. The van der Waals surface area contributed by atoms with Crippen LogP contribution in [0.3, 0.4) is 0 Å². The average molecular weight is 157 g/mol. The fraction of sp³-hybridized carbons (Fsp3) is 0.500. The highest BCUT2D eigenvalue weighted by molar-refractivity contribution is 5.98. The lowest BCUT2D eigenvalue weighted by Gasteiger charge is -2.02. The second kappa shape index (κ2) is 2.69. The summed E-state index contributed by atoms with van der Waals surface area (Å²) in [5, 5.41) is 2.29. The monoisotopic (exact) mass is 157 g/mol. The summed E-state index contributed by atoms with van der Waals surface area (Å²) in [6.45, 7) is 1.27. The molecule has 1 heterocycles. The van der Waals surface area contributed by atoms with Crippen molar-refractivity contribution in [1.29, 1.82) is 0 Å². The van der Waals surface area contributed by atoms with E-state index in [9.17, 15) is 14.4 Å². The summed E-state index contributed by atoms with van der Waals surface area (Å²) in [6.07, 6.45) is -0.0571. The standard InChI is InChI=1S/C6H7NO4/c1-3(8)7-4-2-5(9)11-6(4)10/h4H,2H2,1H3,(H,7,8). The van der Waals surface area contributed by atoms with E-state index in [0.717, 1.165) is 0 Å². The van der Waals surface area contributed by atoms with Gasteiger partial charge in [-0.15, -0.1) is 0 Å². The molecule has 0 aliphatic carbocycles. The number of carbonyl (C=O) groups excluding carboxylic acids is 3. The molecule has 1 N–H and O–H groups in total. The molecule has 1 amide bonds. The predicted octanol–water partition coefficient (Wildman–Crippen LogP) is -1.04. The van der Waals surface area contributed by atoms with Gasteiger partial charge in [0, 0.05) is 6.92 Å².